The van der Waals surface area contributed by atoms with E-state index in [0.717, 1.165) is 10.6 Å². The molecule has 76 valence electrons. The van der Waals surface area contributed by atoms with Gasteiger partial charge in [-0.05, 0) is 18.2 Å². The van der Waals surface area contributed by atoms with Crippen molar-refractivity contribution in [2.75, 3.05) is 11.1 Å². The molecule has 0 saturated heterocycles. The van der Waals surface area contributed by atoms with E-state index in [4.69, 9.17) is 0 Å². The van der Waals surface area contributed by atoms with E-state index in [1.807, 2.05) is 18.2 Å². The molecule has 0 fully saturated rings. The summed E-state index contributed by atoms with van der Waals surface area (Å²) in [4.78, 5) is 23.4. The number of benzene rings is 1. The summed E-state index contributed by atoms with van der Waals surface area (Å²) >= 11 is 1.61. The number of Topliss-reactive ketones (excluding diaryl/α,β-unsaturated/α-hetero) is 1. The zero-order chi connectivity index (χ0) is 10.8. The van der Waals surface area contributed by atoms with Crippen LogP contribution in [0.25, 0.3) is 0 Å². The van der Waals surface area contributed by atoms with Gasteiger partial charge in [0.25, 0.3) is 11.7 Å². The SMILES string of the molecule is C=CCSc1ccc2c(c1)NC(=O)C2=O. The Hall–Kier alpha value is -1.55. The van der Waals surface area contributed by atoms with Crippen molar-refractivity contribution in [3.8, 4) is 0 Å². The fourth-order valence-electron chi connectivity index (χ4n) is 1.37. The maximum absolute atomic E-state index is 11.3. The maximum atomic E-state index is 11.3. The third-order valence-electron chi connectivity index (χ3n) is 2.06. The Balaban J connectivity index is 2.29. The standard InChI is InChI=1S/C11H9NO2S/c1-2-5-15-7-3-4-8-9(6-7)12-11(14)10(8)13/h2-4,6H,1,5H2,(H,12,13,14). The van der Waals surface area contributed by atoms with Gasteiger partial charge in [0.1, 0.15) is 0 Å². The average Bonchev–Trinajstić information content (AvgIpc) is 2.52. The lowest BCUT2D eigenvalue weighted by Gasteiger charge is -2.01. The first-order chi connectivity index (χ1) is 7.22. The van der Waals surface area contributed by atoms with Gasteiger partial charge in [-0.2, -0.15) is 0 Å². The largest absolute Gasteiger partial charge is 0.318 e. The summed E-state index contributed by atoms with van der Waals surface area (Å²) in [5.74, 6) is -0.193. The van der Waals surface area contributed by atoms with Gasteiger partial charge in [0, 0.05) is 10.6 Å². The van der Waals surface area contributed by atoms with E-state index >= 15 is 0 Å². The molecule has 1 amide bonds. The fraction of sp³-hybridized carbons (Fsp3) is 0.0909. The number of ketones is 1. The molecule has 2 rings (SSSR count). The van der Waals surface area contributed by atoms with Gasteiger partial charge in [-0.3, -0.25) is 9.59 Å². The normalized spacial score (nSPS) is 13.6. The second-order valence-corrected chi connectivity index (χ2v) is 4.18. The van der Waals surface area contributed by atoms with Crippen molar-refractivity contribution in [3.05, 3.63) is 36.4 Å². The highest BCUT2D eigenvalue weighted by Gasteiger charge is 2.27. The Morgan fingerprint density at radius 1 is 1.40 bits per heavy atom. The molecule has 0 aliphatic carbocycles. The van der Waals surface area contributed by atoms with Crippen molar-refractivity contribution in [1.29, 1.82) is 0 Å². The number of amides is 1. The topological polar surface area (TPSA) is 46.2 Å². The van der Waals surface area contributed by atoms with Crippen LogP contribution in [0.1, 0.15) is 10.4 Å². The number of nitrogens with one attached hydrogen (secondary N) is 1. The van der Waals surface area contributed by atoms with Gasteiger partial charge in [0.15, 0.2) is 0 Å². The van der Waals surface area contributed by atoms with Crippen LogP contribution >= 0.6 is 11.8 Å². The molecule has 3 nitrogen and oxygen atoms in total. The van der Waals surface area contributed by atoms with Gasteiger partial charge < -0.3 is 5.32 Å². The molecule has 1 aromatic carbocycles. The lowest BCUT2D eigenvalue weighted by Crippen LogP contribution is -2.12. The zero-order valence-corrected chi connectivity index (χ0v) is 8.76. The maximum Gasteiger partial charge on any atom is 0.296 e. The van der Waals surface area contributed by atoms with Gasteiger partial charge in [0.05, 0.1) is 11.3 Å². The second kappa shape index (κ2) is 3.90. The number of anilines is 1. The molecule has 4 heteroatoms. The quantitative estimate of drug-likeness (QED) is 0.481. The molecular weight excluding hydrogens is 210 g/mol. The molecule has 0 spiro atoms. The molecule has 1 aliphatic heterocycles. The van der Waals surface area contributed by atoms with Crippen LogP contribution in [-0.4, -0.2) is 17.4 Å². The summed E-state index contributed by atoms with van der Waals surface area (Å²) in [5.41, 5.74) is 1.07. The van der Waals surface area contributed by atoms with E-state index in [1.165, 1.54) is 0 Å². The van der Waals surface area contributed by atoms with Crippen molar-refractivity contribution in [2.45, 2.75) is 4.90 Å². The van der Waals surface area contributed by atoms with E-state index in [9.17, 15) is 9.59 Å². The number of fused-ring (bicyclic) bond motifs is 1. The van der Waals surface area contributed by atoms with Crippen LogP contribution in [0.3, 0.4) is 0 Å². The Morgan fingerprint density at radius 3 is 2.93 bits per heavy atom. The van der Waals surface area contributed by atoms with Gasteiger partial charge in [0.2, 0.25) is 0 Å². The summed E-state index contributed by atoms with van der Waals surface area (Å²) in [6.07, 6.45) is 1.81. The Morgan fingerprint density at radius 2 is 2.20 bits per heavy atom. The molecule has 1 aliphatic rings. The average molecular weight is 219 g/mol. The van der Waals surface area contributed by atoms with E-state index in [0.29, 0.717) is 11.3 Å². The van der Waals surface area contributed by atoms with E-state index in [2.05, 4.69) is 11.9 Å². The predicted molar refractivity (Wildman–Crippen MR) is 60.3 cm³/mol. The Bertz CT molecular complexity index is 454. The third-order valence-corrected chi connectivity index (χ3v) is 3.05. The van der Waals surface area contributed by atoms with Crippen molar-refractivity contribution in [3.63, 3.8) is 0 Å². The summed E-state index contributed by atoms with van der Waals surface area (Å²) in [6, 6.07) is 5.33. The van der Waals surface area contributed by atoms with E-state index < -0.39 is 11.7 Å². The molecule has 15 heavy (non-hydrogen) atoms. The first kappa shape index (κ1) is 9.98. The van der Waals surface area contributed by atoms with Crippen LogP contribution in [0.2, 0.25) is 0 Å². The highest BCUT2D eigenvalue weighted by molar-refractivity contribution is 7.99. The van der Waals surface area contributed by atoms with Crippen LogP contribution in [0.5, 0.6) is 0 Å². The van der Waals surface area contributed by atoms with Crippen LogP contribution in [0.4, 0.5) is 5.69 Å². The summed E-state index contributed by atoms with van der Waals surface area (Å²) < 4.78 is 0. The molecule has 0 radical (unpaired) electrons. The molecule has 1 aromatic rings. The number of thioether (sulfide) groups is 1. The minimum absolute atomic E-state index is 0.453. The van der Waals surface area contributed by atoms with Crippen LogP contribution in [0.15, 0.2) is 35.7 Å². The van der Waals surface area contributed by atoms with Crippen molar-refractivity contribution in [1.82, 2.24) is 0 Å². The molecule has 0 aromatic heterocycles. The van der Waals surface area contributed by atoms with Crippen LogP contribution in [-0.2, 0) is 4.79 Å². The fourth-order valence-corrected chi connectivity index (χ4v) is 2.05. The summed E-state index contributed by atoms with van der Waals surface area (Å²) in [7, 11) is 0. The van der Waals surface area contributed by atoms with Gasteiger partial charge >= 0.3 is 0 Å². The number of hydrogen-bond donors (Lipinski definition) is 1. The molecule has 0 atom stereocenters. The molecule has 0 saturated carbocycles. The van der Waals surface area contributed by atoms with Crippen molar-refractivity contribution < 1.29 is 9.59 Å². The smallest absolute Gasteiger partial charge is 0.296 e. The first-order valence-electron chi connectivity index (χ1n) is 4.46. The molecule has 0 unspecified atom stereocenters. The van der Waals surface area contributed by atoms with E-state index in [-0.39, 0.29) is 0 Å². The number of carbonyl (C=O) groups excluding carboxylic acids is 2. The highest BCUT2D eigenvalue weighted by atomic mass is 32.2. The molecule has 0 bridgehead atoms. The number of carbonyl (C=O) groups is 2. The monoisotopic (exact) mass is 219 g/mol. The van der Waals surface area contributed by atoms with Gasteiger partial charge in [-0.1, -0.05) is 6.08 Å². The molecular formula is C11H9NO2S. The van der Waals surface area contributed by atoms with E-state index in [1.54, 1.807) is 17.8 Å². The lowest BCUT2D eigenvalue weighted by molar-refractivity contribution is -0.112. The number of hydrogen-bond acceptors (Lipinski definition) is 3. The minimum Gasteiger partial charge on any atom is -0.318 e. The minimum atomic E-state index is -0.545. The van der Waals surface area contributed by atoms with Crippen LogP contribution < -0.4 is 5.32 Å². The van der Waals surface area contributed by atoms with Gasteiger partial charge in [-0.25, -0.2) is 0 Å². The zero-order valence-electron chi connectivity index (χ0n) is 7.95. The van der Waals surface area contributed by atoms with Crippen LogP contribution in [0, 0.1) is 0 Å². The lowest BCUT2D eigenvalue weighted by atomic mass is 10.1. The van der Waals surface area contributed by atoms with Gasteiger partial charge in [-0.15, -0.1) is 18.3 Å². The Kier molecular flexibility index (Phi) is 2.60. The third kappa shape index (κ3) is 1.80. The summed E-state index contributed by atoms with van der Waals surface area (Å²) in [6.45, 7) is 3.63. The van der Waals surface area contributed by atoms with Crippen molar-refractivity contribution in [2.24, 2.45) is 0 Å². The van der Waals surface area contributed by atoms with Crippen molar-refractivity contribution >= 4 is 29.1 Å². The Labute approximate surface area is 91.6 Å². The number of rotatable bonds is 3. The highest BCUT2D eigenvalue weighted by Crippen LogP contribution is 2.28. The molecule has 1 heterocycles. The second-order valence-electron chi connectivity index (χ2n) is 3.09. The molecule has 1 N–H and O–H groups in total. The predicted octanol–water partition coefficient (Wildman–Crippen LogP) is 2.10. The first-order valence-corrected chi connectivity index (χ1v) is 5.44. The summed E-state index contributed by atoms with van der Waals surface area (Å²) in [5, 5.41) is 2.54.